The Morgan fingerprint density at radius 3 is 2.96 bits per heavy atom. The van der Waals surface area contributed by atoms with Gasteiger partial charge in [-0.2, -0.15) is 0 Å². The second kappa shape index (κ2) is 8.50. The highest BCUT2D eigenvalue weighted by Crippen LogP contribution is 2.30. The fourth-order valence-electron chi connectivity index (χ4n) is 1.97. The van der Waals surface area contributed by atoms with Gasteiger partial charge in [-0.25, -0.2) is 4.39 Å². The average Bonchev–Trinajstić information content (AvgIpc) is 3.04. The Labute approximate surface area is 160 Å². The SMILES string of the molecule is O=C(Cc1cccnc1)Nc1nnc(SCc2cccc(Br)c2F)s1. The number of halogens is 2. The van der Waals surface area contributed by atoms with E-state index in [1.54, 1.807) is 36.7 Å². The van der Waals surface area contributed by atoms with E-state index in [0.29, 0.717) is 25.3 Å². The van der Waals surface area contributed by atoms with Crippen LogP contribution in [0, 0.1) is 5.82 Å². The van der Waals surface area contributed by atoms with E-state index in [-0.39, 0.29) is 18.1 Å². The lowest BCUT2D eigenvalue weighted by atomic mass is 10.2. The second-order valence-electron chi connectivity index (χ2n) is 4.96. The molecule has 9 heteroatoms. The highest BCUT2D eigenvalue weighted by atomic mass is 79.9. The largest absolute Gasteiger partial charge is 0.300 e. The first-order valence-electron chi connectivity index (χ1n) is 7.20. The molecule has 3 aromatic rings. The quantitative estimate of drug-likeness (QED) is 0.458. The number of nitrogens with zero attached hydrogens (tertiary/aromatic N) is 3. The van der Waals surface area contributed by atoms with Crippen molar-refractivity contribution in [1.82, 2.24) is 15.2 Å². The van der Waals surface area contributed by atoms with Crippen LogP contribution in [0.25, 0.3) is 0 Å². The van der Waals surface area contributed by atoms with E-state index in [4.69, 9.17) is 0 Å². The summed E-state index contributed by atoms with van der Waals surface area (Å²) in [4.78, 5) is 16.0. The zero-order valence-corrected chi connectivity index (χ0v) is 16.0. The van der Waals surface area contributed by atoms with Gasteiger partial charge in [0.05, 0.1) is 10.9 Å². The van der Waals surface area contributed by atoms with Gasteiger partial charge in [-0.15, -0.1) is 10.2 Å². The fraction of sp³-hybridized carbons (Fsp3) is 0.125. The first-order valence-corrected chi connectivity index (χ1v) is 9.79. The molecule has 1 aromatic carbocycles. The zero-order valence-electron chi connectivity index (χ0n) is 12.8. The van der Waals surface area contributed by atoms with E-state index in [1.807, 2.05) is 6.07 Å². The number of anilines is 1. The van der Waals surface area contributed by atoms with E-state index in [0.717, 1.165) is 5.56 Å². The predicted molar refractivity (Wildman–Crippen MR) is 100 cm³/mol. The predicted octanol–water partition coefficient (Wildman–Crippen LogP) is 4.31. The van der Waals surface area contributed by atoms with Crippen LogP contribution in [0.4, 0.5) is 9.52 Å². The second-order valence-corrected chi connectivity index (χ2v) is 8.02. The maximum absolute atomic E-state index is 13.9. The molecule has 2 heterocycles. The Bertz CT molecular complexity index is 876. The van der Waals surface area contributed by atoms with Crippen molar-refractivity contribution in [1.29, 1.82) is 0 Å². The lowest BCUT2D eigenvalue weighted by Crippen LogP contribution is -2.14. The van der Waals surface area contributed by atoms with Crippen molar-refractivity contribution in [3.8, 4) is 0 Å². The molecule has 0 fully saturated rings. The number of pyridine rings is 1. The molecule has 0 spiro atoms. The van der Waals surface area contributed by atoms with Gasteiger partial charge in [-0.1, -0.05) is 41.3 Å². The lowest BCUT2D eigenvalue weighted by Gasteiger charge is -2.02. The van der Waals surface area contributed by atoms with Crippen molar-refractivity contribution in [2.75, 3.05) is 5.32 Å². The third-order valence-electron chi connectivity index (χ3n) is 3.12. The minimum absolute atomic E-state index is 0.182. The summed E-state index contributed by atoms with van der Waals surface area (Å²) in [5.41, 5.74) is 1.40. The first-order chi connectivity index (χ1) is 12.1. The van der Waals surface area contributed by atoms with Gasteiger partial charge in [0.25, 0.3) is 0 Å². The number of hydrogen-bond acceptors (Lipinski definition) is 6. The number of rotatable bonds is 6. The van der Waals surface area contributed by atoms with E-state index >= 15 is 0 Å². The van der Waals surface area contributed by atoms with Gasteiger partial charge in [0, 0.05) is 18.1 Å². The van der Waals surface area contributed by atoms with E-state index in [9.17, 15) is 9.18 Å². The molecular formula is C16H12BrFN4OS2. The molecule has 0 bridgehead atoms. The average molecular weight is 439 g/mol. The van der Waals surface area contributed by atoms with E-state index < -0.39 is 0 Å². The summed E-state index contributed by atoms with van der Waals surface area (Å²) in [5.74, 6) is -0.0213. The summed E-state index contributed by atoms with van der Waals surface area (Å²) in [6.45, 7) is 0. The maximum atomic E-state index is 13.9. The van der Waals surface area contributed by atoms with Crippen LogP contribution in [0.15, 0.2) is 51.5 Å². The Hall–Kier alpha value is -1.84. The molecule has 1 N–H and O–H groups in total. The van der Waals surface area contributed by atoms with Crippen LogP contribution in [0.1, 0.15) is 11.1 Å². The highest BCUT2D eigenvalue weighted by Gasteiger charge is 2.11. The molecule has 128 valence electrons. The minimum Gasteiger partial charge on any atom is -0.300 e. The summed E-state index contributed by atoms with van der Waals surface area (Å²) >= 11 is 5.80. The molecule has 0 unspecified atom stereocenters. The van der Waals surface area contributed by atoms with Crippen molar-refractivity contribution in [3.63, 3.8) is 0 Å². The molecular weight excluding hydrogens is 427 g/mol. The zero-order chi connectivity index (χ0) is 17.6. The summed E-state index contributed by atoms with van der Waals surface area (Å²) in [6, 6.07) is 8.78. The van der Waals surface area contributed by atoms with Gasteiger partial charge in [-0.05, 0) is 39.2 Å². The molecule has 0 saturated carbocycles. The van der Waals surface area contributed by atoms with Gasteiger partial charge in [0.1, 0.15) is 5.82 Å². The number of amides is 1. The van der Waals surface area contributed by atoms with Crippen LogP contribution in [-0.4, -0.2) is 21.1 Å². The normalized spacial score (nSPS) is 10.6. The minimum atomic E-state index is -0.274. The summed E-state index contributed by atoms with van der Waals surface area (Å²) < 4.78 is 15.0. The molecule has 0 radical (unpaired) electrons. The number of carbonyl (C=O) groups is 1. The third-order valence-corrected chi connectivity index (χ3v) is 5.76. The van der Waals surface area contributed by atoms with Crippen LogP contribution in [0.5, 0.6) is 0 Å². The van der Waals surface area contributed by atoms with Crippen molar-refractivity contribution in [3.05, 3.63) is 64.1 Å². The Balaban J connectivity index is 1.55. The number of carbonyl (C=O) groups excluding carboxylic acids is 1. The smallest absolute Gasteiger partial charge is 0.230 e. The van der Waals surface area contributed by atoms with Crippen molar-refractivity contribution < 1.29 is 9.18 Å². The number of thioether (sulfide) groups is 1. The number of nitrogens with one attached hydrogen (secondary N) is 1. The molecule has 5 nitrogen and oxygen atoms in total. The van der Waals surface area contributed by atoms with Crippen molar-refractivity contribution >= 4 is 50.1 Å². The van der Waals surface area contributed by atoms with Crippen LogP contribution in [0.2, 0.25) is 0 Å². The van der Waals surface area contributed by atoms with Gasteiger partial charge in [0.2, 0.25) is 11.0 Å². The van der Waals surface area contributed by atoms with E-state index in [1.165, 1.54) is 23.1 Å². The van der Waals surface area contributed by atoms with Gasteiger partial charge >= 0.3 is 0 Å². The monoisotopic (exact) mass is 438 g/mol. The fourth-order valence-corrected chi connectivity index (χ4v) is 4.12. The highest BCUT2D eigenvalue weighted by molar-refractivity contribution is 9.10. The molecule has 0 aliphatic heterocycles. The van der Waals surface area contributed by atoms with Crippen molar-refractivity contribution in [2.24, 2.45) is 0 Å². The van der Waals surface area contributed by atoms with Gasteiger partial charge in [0.15, 0.2) is 4.34 Å². The van der Waals surface area contributed by atoms with Crippen LogP contribution in [0.3, 0.4) is 0 Å². The Kier molecular flexibility index (Phi) is 6.11. The molecule has 3 rings (SSSR count). The van der Waals surface area contributed by atoms with Crippen molar-refractivity contribution in [2.45, 2.75) is 16.5 Å². The molecule has 0 atom stereocenters. The first kappa shape index (κ1) is 18.0. The molecule has 0 aliphatic carbocycles. The molecule has 2 aromatic heterocycles. The number of benzene rings is 1. The molecule has 1 amide bonds. The molecule has 0 saturated heterocycles. The summed E-state index contributed by atoms with van der Waals surface area (Å²) in [7, 11) is 0. The molecule has 25 heavy (non-hydrogen) atoms. The Morgan fingerprint density at radius 2 is 2.16 bits per heavy atom. The number of hydrogen-bond donors (Lipinski definition) is 1. The summed E-state index contributed by atoms with van der Waals surface area (Å²) in [6.07, 6.45) is 3.52. The number of aromatic nitrogens is 3. The van der Waals surface area contributed by atoms with Gasteiger partial charge < -0.3 is 5.32 Å². The van der Waals surface area contributed by atoms with Gasteiger partial charge in [-0.3, -0.25) is 9.78 Å². The van der Waals surface area contributed by atoms with Crippen LogP contribution >= 0.6 is 39.0 Å². The van der Waals surface area contributed by atoms with Crippen LogP contribution < -0.4 is 5.32 Å². The standard InChI is InChI=1S/C16H12BrFN4OS2/c17-12-5-1-4-11(14(12)18)9-24-16-22-21-15(25-16)20-13(23)7-10-3-2-6-19-8-10/h1-6,8H,7,9H2,(H,20,21,23). The third kappa shape index (κ3) is 5.07. The molecule has 0 aliphatic rings. The topological polar surface area (TPSA) is 67.8 Å². The van der Waals surface area contributed by atoms with Crippen LogP contribution in [-0.2, 0) is 17.0 Å². The lowest BCUT2D eigenvalue weighted by molar-refractivity contribution is -0.115. The summed E-state index contributed by atoms with van der Waals surface area (Å²) in [5, 5.41) is 11.1. The van der Waals surface area contributed by atoms with E-state index in [2.05, 4.69) is 36.4 Å². The maximum Gasteiger partial charge on any atom is 0.230 e. The Morgan fingerprint density at radius 1 is 1.28 bits per heavy atom.